The molecule has 1 aromatic carbocycles. The van der Waals surface area contributed by atoms with E-state index in [1.54, 1.807) is 5.51 Å². The second-order valence-corrected chi connectivity index (χ2v) is 4.44. The van der Waals surface area contributed by atoms with E-state index < -0.39 is 0 Å². The number of aromatic nitrogens is 1. The van der Waals surface area contributed by atoms with Crippen LogP contribution in [0.3, 0.4) is 0 Å². The van der Waals surface area contributed by atoms with Gasteiger partial charge in [-0.05, 0) is 31.0 Å². The molecule has 2 aromatic rings. The van der Waals surface area contributed by atoms with Crippen LogP contribution in [0.2, 0.25) is 0 Å². The fraction of sp³-hybridized carbons (Fsp3) is 0.167. The number of anilines is 2. The number of thiazole rings is 1. The molecule has 1 heterocycles. The van der Waals surface area contributed by atoms with Crippen molar-refractivity contribution in [2.24, 2.45) is 0 Å². The highest BCUT2D eigenvalue weighted by Crippen LogP contribution is 2.24. The number of hydrogen-bond donors (Lipinski definition) is 1. The average Bonchev–Trinajstić information content (AvgIpc) is 2.71. The van der Waals surface area contributed by atoms with Gasteiger partial charge in [0.05, 0.1) is 5.51 Å². The van der Waals surface area contributed by atoms with Gasteiger partial charge in [-0.3, -0.25) is 0 Å². The predicted molar refractivity (Wildman–Crippen MR) is 66.0 cm³/mol. The Morgan fingerprint density at radius 1 is 1.38 bits per heavy atom. The van der Waals surface area contributed by atoms with E-state index in [9.17, 15) is 0 Å². The van der Waals surface area contributed by atoms with Crippen molar-refractivity contribution in [3.8, 4) is 6.07 Å². The Balaban J connectivity index is 2.34. The van der Waals surface area contributed by atoms with Crippen molar-refractivity contribution in [1.82, 2.24) is 4.98 Å². The zero-order valence-corrected chi connectivity index (χ0v) is 9.93. The molecule has 80 valence electrons. The van der Waals surface area contributed by atoms with Crippen molar-refractivity contribution in [3.05, 3.63) is 39.7 Å². The predicted octanol–water partition coefficient (Wildman–Crippen LogP) is 3.38. The largest absolute Gasteiger partial charge is 0.338 e. The summed E-state index contributed by atoms with van der Waals surface area (Å²) >= 11 is 1.34. The number of nitrogens with one attached hydrogen (secondary N) is 1. The summed E-state index contributed by atoms with van der Waals surface area (Å²) in [5.74, 6) is 0.640. The third-order valence-corrected chi connectivity index (χ3v) is 3.05. The minimum absolute atomic E-state index is 0.612. The molecule has 4 heteroatoms. The molecule has 2 rings (SSSR count). The average molecular weight is 229 g/mol. The van der Waals surface area contributed by atoms with Gasteiger partial charge in [-0.2, -0.15) is 5.26 Å². The summed E-state index contributed by atoms with van der Waals surface area (Å²) in [7, 11) is 0. The van der Waals surface area contributed by atoms with E-state index in [0.29, 0.717) is 10.7 Å². The van der Waals surface area contributed by atoms with Crippen LogP contribution in [-0.4, -0.2) is 4.98 Å². The molecule has 0 bridgehead atoms. The van der Waals surface area contributed by atoms with E-state index in [1.165, 1.54) is 16.9 Å². The van der Waals surface area contributed by atoms with Crippen molar-refractivity contribution in [3.63, 3.8) is 0 Å². The van der Waals surface area contributed by atoms with Crippen molar-refractivity contribution in [1.29, 1.82) is 5.26 Å². The number of hydrogen-bond acceptors (Lipinski definition) is 4. The van der Waals surface area contributed by atoms with Gasteiger partial charge in [0, 0.05) is 5.69 Å². The summed E-state index contributed by atoms with van der Waals surface area (Å²) in [4.78, 5) is 4.75. The van der Waals surface area contributed by atoms with Crippen molar-refractivity contribution < 1.29 is 0 Å². The fourth-order valence-electron chi connectivity index (χ4n) is 1.41. The first kappa shape index (κ1) is 10.7. The molecule has 0 radical (unpaired) electrons. The quantitative estimate of drug-likeness (QED) is 0.858. The minimum atomic E-state index is 0.612. The van der Waals surface area contributed by atoms with Gasteiger partial charge in [-0.15, -0.1) is 11.3 Å². The van der Waals surface area contributed by atoms with Crippen LogP contribution in [0.25, 0.3) is 0 Å². The van der Waals surface area contributed by atoms with Gasteiger partial charge in [0.25, 0.3) is 0 Å². The molecule has 0 aliphatic heterocycles. The smallest absolute Gasteiger partial charge is 0.159 e. The van der Waals surface area contributed by atoms with E-state index >= 15 is 0 Å². The minimum Gasteiger partial charge on any atom is -0.338 e. The lowest BCUT2D eigenvalue weighted by Crippen LogP contribution is -1.95. The SMILES string of the molecule is Cc1ccc(C)c(Nc2ncsc2C#N)c1. The molecule has 0 unspecified atom stereocenters. The molecule has 0 spiro atoms. The van der Waals surface area contributed by atoms with Crippen LogP contribution in [0.1, 0.15) is 16.0 Å². The Hall–Kier alpha value is -1.86. The molecular weight excluding hydrogens is 218 g/mol. The highest BCUT2D eigenvalue weighted by atomic mass is 32.1. The van der Waals surface area contributed by atoms with Crippen LogP contribution in [-0.2, 0) is 0 Å². The zero-order chi connectivity index (χ0) is 11.5. The van der Waals surface area contributed by atoms with Gasteiger partial charge < -0.3 is 5.32 Å². The molecule has 16 heavy (non-hydrogen) atoms. The summed E-state index contributed by atoms with van der Waals surface area (Å²) < 4.78 is 0. The summed E-state index contributed by atoms with van der Waals surface area (Å²) in [6, 6.07) is 8.29. The van der Waals surface area contributed by atoms with Crippen LogP contribution >= 0.6 is 11.3 Å². The maximum absolute atomic E-state index is 8.89. The molecule has 0 amide bonds. The van der Waals surface area contributed by atoms with E-state index in [0.717, 1.165) is 11.3 Å². The summed E-state index contributed by atoms with van der Waals surface area (Å²) in [6.45, 7) is 4.07. The molecule has 0 atom stereocenters. The zero-order valence-electron chi connectivity index (χ0n) is 9.11. The number of benzene rings is 1. The molecule has 0 saturated carbocycles. The van der Waals surface area contributed by atoms with Gasteiger partial charge in [0.2, 0.25) is 0 Å². The second kappa shape index (κ2) is 4.33. The first-order chi connectivity index (χ1) is 7.70. The van der Waals surface area contributed by atoms with Crippen molar-refractivity contribution in [2.75, 3.05) is 5.32 Å². The number of nitrogens with zero attached hydrogens (tertiary/aromatic N) is 2. The molecule has 0 fully saturated rings. The monoisotopic (exact) mass is 229 g/mol. The van der Waals surface area contributed by atoms with Crippen molar-refractivity contribution in [2.45, 2.75) is 13.8 Å². The van der Waals surface area contributed by atoms with Gasteiger partial charge in [-0.25, -0.2) is 4.98 Å². The summed E-state index contributed by atoms with van der Waals surface area (Å²) in [6.07, 6.45) is 0. The van der Waals surface area contributed by atoms with E-state index in [2.05, 4.69) is 34.6 Å². The molecule has 0 aliphatic rings. The van der Waals surface area contributed by atoms with Crippen LogP contribution in [0, 0.1) is 25.2 Å². The topological polar surface area (TPSA) is 48.7 Å². The summed E-state index contributed by atoms with van der Waals surface area (Å²) in [5.41, 5.74) is 5.00. The van der Waals surface area contributed by atoms with Crippen LogP contribution in [0.4, 0.5) is 11.5 Å². The normalized spacial score (nSPS) is 9.81. The van der Waals surface area contributed by atoms with Crippen LogP contribution in [0.5, 0.6) is 0 Å². The van der Waals surface area contributed by atoms with Crippen LogP contribution in [0.15, 0.2) is 23.7 Å². The Kier molecular flexibility index (Phi) is 2.88. The highest BCUT2D eigenvalue weighted by molar-refractivity contribution is 7.10. The lowest BCUT2D eigenvalue weighted by Gasteiger charge is -2.08. The van der Waals surface area contributed by atoms with Gasteiger partial charge >= 0.3 is 0 Å². The third-order valence-electron chi connectivity index (χ3n) is 2.32. The molecule has 0 aliphatic carbocycles. The standard InChI is InChI=1S/C12H11N3S/c1-8-3-4-9(2)10(5-8)15-12-11(6-13)16-7-14-12/h3-5,7,15H,1-2H3. The Labute approximate surface area is 98.4 Å². The lowest BCUT2D eigenvalue weighted by atomic mass is 10.1. The first-order valence-corrected chi connectivity index (χ1v) is 5.76. The Morgan fingerprint density at radius 3 is 2.94 bits per heavy atom. The number of nitriles is 1. The highest BCUT2D eigenvalue weighted by Gasteiger charge is 2.06. The molecule has 0 saturated heterocycles. The Bertz CT molecular complexity index is 552. The van der Waals surface area contributed by atoms with E-state index in [4.69, 9.17) is 5.26 Å². The van der Waals surface area contributed by atoms with Gasteiger partial charge in [0.15, 0.2) is 5.82 Å². The van der Waals surface area contributed by atoms with E-state index in [1.807, 2.05) is 13.8 Å². The number of rotatable bonds is 2. The summed E-state index contributed by atoms with van der Waals surface area (Å²) in [5, 5.41) is 12.1. The number of aryl methyl sites for hydroxylation is 2. The lowest BCUT2D eigenvalue weighted by molar-refractivity contribution is 1.33. The van der Waals surface area contributed by atoms with E-state index in [-0.39, 0.29) is 0 Å². The Morgan fingerprint density at radius 2 is 2.19 bits per heavy atom. The molecule has 1 N–H and O–H groups in total. The molecular formula is C12H11N3S. The van der Waals surface area contributed by atoms with Gasteiger partial charge in [0.1, 0.15) is 10.9 Å². The first-order valence-electron chi connectivity index (χ1n) is 4.88. The third kappa shape index (κ3) is 2.05. The van der Waals surface area contributed by atoms with Crippen molar-refractivity contribution >= 4 is 22.8 Å². The molecule has 3 nitrogen and oxygen atoms in total. The van der Waals surface area contributed by atoms with Gasteiger partial charge in [-0.1, -0.05) is 12.1 Å². The maximum Gasteiger partial charge on any atom is 0.159 e. The fourth-order valence-corrected chi connectivity index (χ4v) is 1.94. The second-order valence-electron chi connectivity index (χ2n) is 3.59. The van der Waals surface area contributed by atoms with Crippen LogP contribution < -0.4 is 5.32 Å². The molecule has 1 aromatic heterocycles. The maximum atomic E-state index is 8.89.